The third kappa shape index (κ3) is 12.5. The Labute approximate surface area is 149 Å². The molecule has 1 unspecified atom stereocenters. The Morgan fingerprint density at radius 1 is 1.32 bits per heavy atom. The summed E-state index contributed by atoms with van der Waals surface area (Å²) in [6.45, 7) is 6.00. The van der Waals surface area contributed by atoms with Crippen LogP contribution < -0.4 is 5.32 Å². The fourth-order valence-electron chi connectivity index (χ4n) is 1.85. The van der Waals surface area contributed by atoms with Crippen LogP contribution in [0.5, 0.6) is 0 Å². The van der Waals surface area contributed by atoms with Crippen LogP contribution >= 0.6 is 7.82 Å². The normalized spacial score (nSPS) is 11.9. The van der Waals surface area contributed by atoms with Crippen molar-refractivity contribution in [1.82, 2.24) is 10.3 Å². The first-order valence-electron chi connectivity index (χ1n) is 8.45. The van der Waals surface area contributed by atoms with Crippen molar-refractivity contribution in [3.05, 3.63) is 30.1 Å². The number of carbonyl (C=O) groups excluding carboxylic acids is 1. The molecule has 1 amide bonds. The average molecular weight is 376 g/mol. The number of aromatic nitrogens is 1. The summed E-state index contributed by atoms with van der Waals surface area (Å²) in [5, 5.41) is 2.53. The Bertz CT molecular complexity index is 509. The van der Waals surface area contributed by atoms with Crippen LogP contribution in [-0.2, 0) is 13.8 Å². The molecule has 0 fully saturated rings. The number of hydrogen-bond donors (Lipinski definition) is 3. The number of carbonyl (C=O) groups is 1. The minimum absolute atomic E-state index is 0.297. The van der Waals surface area contributed by atoms with Crippen molar-refractivity contribution in [3.63, 3.8) is 0 Å². The second kappa shape index (κ2) is 13.8. The van der Waals surface area contributed by atoms with Gasteiger partial charge in [-0.2, -0.15) is 0 Å². The van der Waals surface area contributed by atoms with Gasteiger partial charge in [-0.1, -0.05) is 46.1 Å². The summed E-state index contributed by atoms with van der Waals surface area (Å²) >= 11 is 0. The summed E-state index contributed by atoms with van der Waals surface area (Å²) in [7, 11) is -4.63. The number of amides is 1. The molecule has 0 aromatic carbocycles. The number of phosphoric ester groups is 1. The molecule has 144 valence electrons. The fourth-order valence-corrected chi connectivity index (χ4v) is 2.20. The zero-order valence-electron chi connectivity index (χ0n) is 15.1. The Kier molecular flexibility index (Phi) is 13.0. The van der Waals surface area contributed by atoms with E-state index >= 15 is 0 Å². The van der Waals surface area contributed by atoms with Gasteiger partial charge in [-0.15, -0.1) is 0 Å². The van der Waals surface area contributed by atoms with Crippen molar-refractivity contribution >= 4 is 13.9 Å². The Balaban J connectivity index is 0.00000277. The molecule has 0 spiro atoms. The van der Waals surface area contributed by atoms with E-state index in [2.05, 4.69) is 21.7 Å². The molecular weight excluding hydrogens is 347 g/mol. The van der Waals surface area contributed by atoms with E-state index in [1.54, 1.807) is 18.3 Å². The predicted octanol–water partition coefficient (Wildman–Crippen LogP) is 3.56. The first kappa shape index (κ1) is 23.5. The van der Waals surface area contributed by atoms with E-state index < -0.39 is 20.0 Å². The molecule has 1 heterocycles. The maximum atomic E-state index is 11.8. The Morgan fingerprint density at radius 3 is 2.60 bits per heavy atom. The monoisotopic (exact) mass is 376 g/mol. The topological polar surface area (TPSA) is 118 Å². The van der Waals surface area contributed by atoms with Gasteiger partial charge in [0.05, 0.1) is 19.3 Å². The SMILES string of the molecule is CC.CCCCCCOC(=O)NC(COP(=O)(O)O)c1cccnc1. The average Bonchev–Trinajstić information content (AvgIpc) is 2.60. The summed E-state index contributed by atoms with van der Waals surface area (Å²) in [6, 6.07) is 2.55. The second-order valence-corrected chi connectivity index (χ2v) is 6.21. The van der Waals surface area contributed by atoms with Crippen LogP contribution in [0.2, 0.25) is 0 Å². The summed E-state index contributed by atoms with van der Waals surface area (Å²) in [4.78, 5) is 33.3. The molecule has 0 bridgehead atoms. The molecule has 9 heteroatoms. The van der Waals surface area contributed by atoms with Crippen LogP contribution in [0.1, 0.15) is 58.1 Å². The zero-order chi connectivity index (χ0) is 19.1. The van der Waals surface area contributed by atoms with Gasteiger partial charge in [-0.3, -0.25) is 9.51 Å². The number of hydrogen-bond acceptors (Lipinski definition) is 5. The fraction of sp³-hybridized carbons (Fsp3) is 0.625. The van der Waals surface area contributed by atoms with Gasteiger partial charge < -0.3 is 19.8 Å². The largest absolute Gasteiger partial charge is 0.469 e. The molecule has 1 aromatic rings. The molecule has 0 aliphatic carbocycles. The minimum atomic E-state index is -4.63. The van der Waals surface area contributed by atoms with Crippen LogP contribution in [0.3, 0.4) is 0 Å². The van der Waals surface area contributed by atoms with Crippen LogP contribution in [0.25, 0.3) is 0 Å². The highest BCUT2D eigenvalue weighted by Gasteiger charge is 2.21. The molecule has 0 saturated heterocycles. The number of rotatable bonds is 10. The highest BCUT2D eigenvalue weighted by Crippen LogP contribution is 2.37. The zero-order valence-corrected chi connectivity index (χ0v) is 15.9. The number of phosphoric acid groups is 1. The minimum Gasteiger partial charge on any atom is -0.450 e. The molecule has 3 N–H and O–H groups in total. The molecule has 1 rings (SSSR count). The van der Waals surface area contributed by atoms with Crippen LogP contribution in [0, 0.1) is 0 Å². The first-order valence-corrected chi connectivity index (χ1v) is 9.98. The molecule has 1 aromatic heterocycles. The van der Waals surface area contributed by atoms with Gasteiger partial charge in [0.2, 0.25) is 0 Å². The van der Waals surface area contributed by atoms with E-state index in [9.17, 15) is 9.36 Å². The van der Waals surface area contributed by atoms with Gasteiger partial charge in [0.1, 0.15) is 0 Å². The molecule has 25 heavy (non-hydrogen) atoms. The molecule has 0 aliphatic heterocycles. The van der Waals surface area contributed by atoms with Gasteiger partial charge in [-0.25, -0.2) is 9.36 Å². The van der Waals surface area contributed by atoms with E-state index in [0.29, 0.717) is 12.2 Å². The first-order chi connectivity index (χ1) is 11.9. The summed E-state index contributed by atoms with van der Waals surface area (Å²) in [5.74, 6) is 0. The molecule has 1 atom stereocenters. The third-order valence-electron chi connectivity index (χ3n) is 3.02. The quantitative estimate of drug-likeness (QED) is 0.422. The predicted molar refractivity (Wildman–Crippen MR) is 94.9 cm³/mol. The number of ether oxygens (including phenoxy) is 1. The highest BCUT2D eigenvalue weighted by molar-refractivity contribution is 7.46. The van der Waals surface area contributed by atoms with Crippen LogP contribution in [0.4, 0.5) is 4.79 Å². The second-order valence-electron chi connectivity index (χ2n) is 4.97. The van der Waals surface area contributed by atoms with Crippen molar-refractivity contribution in [3.8, 4) is 0 Å². The number of unbranched alkanes of at least 4 members (excludes halogenated alkanes) is 3. The maximum absolute atomic E-state index is 11.8. The van der Waals surface area contributed by atoms with Crippen molar-refractivity contribution in [2.24, 2.45) is 0 Å². The van der Waals surface area contributed by atoms with Gasteiger partial charge >= 0.3 is 13.9 Å². The van der Waals surface area contributed by atoms with E-state index in [0.717, 1.165) is 25.7 Å². The lowest BCUT2D eigenvalue weighted by Crippen LogP contribution is -2.32. The molecule has 8 nitrogen and oxygen atoms in total. The van der Waals surface area contributed by atoms with Gasteiger partial charge in [0.25, 0.3) is 0 Å². The number of alkyl carbamates (subject to hydrolysis) is 1. The van der Waals surface area contributed by atoms with Crippen LogP contribution in [-0.4, -0.2) is 34.1 Å². The summed E-state index contributed by atoms with van der Waals surface area (Å²) in [6.07, 6.45) is 6.30. The van der Waals surface area contributed by atoms with Crippen molar-refractivity contribution < 1.29 is 28.4 Å². The van der Waals surface area contributed by atoms with E-state index in [1.807, 2.05) is 13.8 Å². The lowest BCUT2D eigenvalue weighted by molar-refractivity contribution is 0.129. The van der Waals surface area contributed by atoms with Gasteiger partial charge in [0, 0.05) is 12.4 Å². The highest BCUT2D eigenvalue weighted by atomic mass is 31.2. The van der Waals surface area contributed by atoms with Crippen LogP contribution in [0.15, 0.2) is 24.5 Å². The molecular formula is C16H29N2O6P. The standard InChI is InChI=1S/C14H23N2O6P.C2H6/c1-2-3-4-5-9-21-14(17)16-13(11-22-23(18,19)20)12-7-6-8-15-10-12;1-2/h6-8,10,13H,2-5,9,11H2,1H3,(H,16,17)(H2,18,19,20);1-2H3. The number of pyridine rings is 1. The Hall–Kier alpha value is -1.47. The van der Waals surface area contributed by atoms with Gasteiger partial charge in [-0.05, 0) is 18.1 Å². The van der Waals surface area contributed by atoms with Crippen molar-refractivity contribution in [1.29, 1.82) is 0 Å². The molecule has 0 saturated carbocycles. The van der Waals surface area contributed by atoms with E-state index in [1.165, 1.54) is 6.20 Å². The molecule has 0 aliphatic rings. The van der Waals surface area contributed by atoms with Crippen molar-refractivity contribution in [2.45, 2.75) is 52.5 Å². The lowest BCUT2D eigenvalue weighted by atomic mass is 10.1. The summed E-state index contributed by atoms with van der Waals surface area (Å²) in [5.41, 5.74) is 0.559. The smallest absolute Gasteiger partial charge is 0.450 e. The number of nitrogens with zero attached hydrogens (tertiary/aromatic N) is 1. The van der Waals surface area contributed by atoms with E-state index in [4.69, 9.17) is 14.5 Å². The Morgan fingerprint density at radius 2 is 2.04 bits per heavy atom. The molecule has 0 radical (unpaired) electrons. The lowest BCUT2D eigenvalue weighted by Gasteiger charge is -2.19. The third-order valence-corrected chi connectivity index (χ3v) is 3.50. The van der Waals surface area contributed by atoms with Gasteiger partial charge in [0.15, 0.2) is 0 Å². The van der Waals surface area contributed by atoms with E-state index in [-0.39, 0.29) is 6.61 Å². The maximum Gasteiger partial charge on any atom is 0.469 e. The summed E-state index contributed by atoms with van der Waals surface area (Å²) < 4.78 is 20.4. The number of nitrogens with one attached hydrogen (secondary N) is 1. The van der Waals surface area contributed by atoms with Crippen molar-refractivity contribution in [2.75, 3.05) is 13.2 Å².